The number of nitrogens with one attached hydrogen (secondary N) is 2. The van der Waals surface area contributed by atoms with Crippen molar-refractivity contribution in [2.75, 3.05) is 19.7 Å². The normalized spacial score (nSPS) is 20.4. The van der Waals surface area contributed by atoms with Crippen molar-refractivity contribution in [2.45, 2.75) is 69.9 Å². The first-order valence-electron chi connectivity index (χ1n) is 14.1. The predicted octanol–water partition coefficient (Wildman–Crippen LogP) is 6.06. The molecule has 2 N–H and O–H groups in total. The maximum atomic E-state index is 14.3. The number of nitrogens with zero attached hydrogens (tertiary/aromatic N) is 3. The van der Waals surface area contributed by atoms with Crippen LogP contribution in [0.4, 0.5) is 13.2 Å². The van der Waals surface area contributed by atoms with Gasteiger partial charge in [0.25, 0.3) is 11.8 Å². The Hall–Kier alpha value is -2.64. The van der Waals surface area contributed by atoms with E-state index in [1.165, 1.54) is 18.3 Å². The minimum absolute atomic E-state index is 0.0143. The maximum Gasteiger partial charge on any atom is 0.452 e. The summed E-state index contributed by atoms with van der Waals surface area (Å²) in [5.41, 5.74) is 3.18. The van der Waals surface area contributed by atoms with Crippen molar-refractivity contribution in [2.24, 2.45) is 0 Å². The van der Waals surface area contributed by atoms with Crippen LogP contribution >= 0.6 is 34.5 Å². The average molecular weight is 657 g/mol. The van der Waals surface area contributed by atoms with Gasteiger partial charge in [0.1, 0.15) is 5.01 Å². The zero-order valence-electron chi connectivity index (χ0n) is 23.3. The van der Waals surface area contributed by atoms with Crippen LogP contribution in [0.5, 0.6) is 5.88 Å². The number of benzene rings is 1. The van der Waals surface area contributed by atoms with E-state index in [-0.39, 0.29) is 42.1 Å². The molecule has 2 fully saturated rings. The first kappa shape index (κ1) is 30.4. The van der Waals surface area contributed by atoms with Crippen LogP contribution in [0.2, 0.25) is 10.0 Å². The molecule has 0 spiro atoms. The summed E-state index contributed by atoms with van der Waals surface area (Å²) in [5.74, 6) is -1.32. The molecular formula is C29H30Cl2F3N5O3S. The highest BCUT2D eigenvalue weighted by molar-refractivity contribution is 7.10. The van der Waals surface area contributed by atoms with Crippen molar-refractivity contribution < 1.29 is 27.2 Å². The van der Waals surface area contributed by atoms with Gasteiger partial charge in [-0.3, -0.25) is 4.79 Å². The molecule has 1 aromatic carbocycles. The number of ether oxygens (including phenoxy) is 1. The third-order valence-corrected chi connectivity index (χ3v) is 9.72. The zero-order chi connectivity index (χ0) is 30.3. The summed E-state index contributed by atoms with van der Waals surface area (Å²) in [6, 6.07) is 5.68. The molecular weight excluding hydrogens is 626 g/mol. The van der Waals surface area contributed by atoms with Crippen molar-refractivity contribution in [3.05, 3.63) is 66.8 Å². The Kier molecular flexibility index (Phi) is 8.76. The van der Waals surface area contributed by atoms with Crippen molar-refractivity contribution in [1.82, 2.24) is 25.7 Å². The van der Waals surface area contributed by atoms with Crippen LogP contribution in [0, 0.1) is 6.92 Å². The van der Waals surface area contributed by atoms with Gasteiger partial charge in [-0.1, -0.05) is 35.3 Å². The lowest BCUT2D eigenvalue weighted by Crippen LogP contribution is -2.60. The van der Waals surface area contributed by atoms with Crippen molar-refractivity contribution >= 4 is 46.0 Å². The molecule has 2 unspecified atom stereocenters. The topological polar surface area (TPSA) is 92.5 Å². The van der Waals surface area contributed by atoms with Crippen LogP contribution in [0.15, 0.2) is 33.7 Å². The Labute approximate surface area is 260 Å². The Morgan fingerprint density at radius 2 is 2.07 bits per heavy atom. The van der Waals surface area contributed by atoms with Gasteiger partial charge in [0.05, 0.1) is 34.0 Å². The zero-order valence-corrected chi connectivity index (χ0v) is 25.6. The van der Waals surface area contributed by atoms with Crippen LogP contribution in [-0.4, -0.2) is 58.8 Å². The molecule has 4 heterocycles. The number of aromatic nitrogens is 2. The van der Waals surface area contributed by atoms with Crippen molar-refractivity contribution in [1.29, 1.82) is 0 Å². The highest BCUT2D eigenvalue weighted by atomic mass is 35.5. The van der Waals surface area contributed by atoms with E-state index in [9.17, 15) is 18.0 Å². The number of halogens is 5. The van der Waals surface area contributed by atoms with Gasteiger partial charge in [0.2, 0.25) is 5.76 Å². The van der Waals surface area contributed by atoms with E-state index in [2.05, 4.69) is 20.3 Å². The molecule has 14 heteroatoms. The van der Waals surface area contributed by atoms with Gasteiger partial charge in [-0.05, 0) is 61.4 Å². The lowest BCUT2D eigenvalue weighted by atomic mass is 9.87. The molecule has 43 heavy (non-hydrogen) atoms. The Morgan fingerprint density at radius 1 is 1.26 bits per heavy atom. The number of carbonyl (C=O) groups is 1. The molecule has 8 nitrogen and oxygen atoms in total. The Balaban J connectivity index is 1.19. The first-order chi connectivity index (χ1) is 20.6. The fourth-order valence-electron chi connectivity index (χ4n) is 5.63. The van der Waals surface area contributed by atoms with E-state index in [1.54, 1.807) is 6.07 Å². The molecule has 1 aliphatic carbocycles. The third-order valence-electron chi connectivity index (χ3n) is 7.92. The summed E-state index contributed by atoms with van der Waals surface area (Å²) in [6.07, 6.45) is -0.977. The van der Waals surface area contributed by atoms with E-state index < -0.39 is 11.9 Å². The standard InChI is InChI=1S/C29H30Cl2F3N5O3S/c1-15-25(29(32,33)34)42-38-26(15)41-9-3-5-17-14-43-27(37-17)20-10-18-11-35-12-22(36-18)23(20)28(40)39(19-7-8-19)13-16-4-2-6-21(30)24(16)31/h2,4,6,14,18-19,22,35-36H,3,5,7-13H2,1H3. The van der Waals surface area contributed by atoms with Crippen LogP contribution in [0.25, 0.3) is 5.57 Å². The summed E-state index contributed by atoms with van der Waals surface area (Å²) >= 11 is 14.3. The lowest BCUT2D eigenvalue weighted by molar-refractivity contribution is -0.156. The van der Waals surface area contributed by atoms with E-state index in [0.29, 0.717) is 42.4 Å². The van der Waals surface area contributed by atoms with E-state index in [1.807, 2.05) is 22.4 Å². The molecule has 2 bridgehead atoms. The molecule has 1 saturated carbocycles. The summed E-state index contributed by atoms with van der Waals surface area (Å²) in [7, 11) is 0. The quantitative estimate of drug-likeness (QED) is 0.257. The van der Waals surface area contributed by atoms with Gasteiger partial charge in [-0.15, -0.1) is 11.3 Å². The highest BCUT2D eigenvalue weighted by Gasteiger charge is 2.42. The van der Waals surface area contributed by atoms with E-state index >= 15 is 0 Å². The van der Waals surface area contributed by atoms with Crippen LogP contribution < -0.4 is 15.4 Å². The fourth-order valence-corrected chi connectivity index (χ4v) is 6.94. The fraction of sp³-hybridized carbons (Fsp3) is 0.483. The van der Waals surface area contributed by atoms with E-state index in [4.69, 9.17) is 32.9 Å². The minimum atomic E-state index is -4.62. The number of aryl methyl sites for hydroxylation is 1. The first-order valence-corrected chi connectivity index (χ1v) is 15.8. The lowest BCUT2D eigenvalue weighted by Gasteiger charge is -2.40. The second-order valence-corrected chi connectivity index (χ2v) is 12.7. The summed E-state index contributed by atoms with van der Waals surface area (Å²) in [5, 5.41) is 14.2. The summed E-state index contributed by atoms with van der Waals surface area (Å²) < 4.78 is 48.7. The third kappa shape index (κ3) is 6.58. The van der Waals surface area contributed by atoms with Gasteiger partial charge < -0.3 is 24.8 Å². The number of alkyl halides is 3. The number of carbonyl (C=O) groups excluding carboxylic acids is 1. The number of hydrogen-bond acceptors (Lipinski definition) is 8. The average Bonchev–Trinajstić information content (AvgIpc) is 3.57. The summed E-state index contributed by atoms with van der Waals surface area (Å²) in [6.45, 7) is 3.25. The number of piperazine rings is 1. The minimum Gasteiger partial charge on any atom is -0.475 e. The number of amides is 1. The smallest absolute Gasteiger partial charge is 0.452 e. The van der Waals surface area contributed by atoms with E-state index in [0.717, 1.165) is 46.8 Å². The monoisotopic (exact) mass is 655 g/mol. The van der Waals surface area contributed by atoms with Gasteiger partial charge in [0, 0.05) is 42.7 Å². The van der Waals surface area contributed by atoms with Crippen LogP contribution in [0.3, 0.4) is 0 Å². The van der Waals surface area contributed by atoms with Gasteiger partial charge in [-0.2, -0.15) is 13.2 Å². The number of thiazole rings is 1. The predicted molar refractivity (Wildman–Crippen MR) is 157 cm³/mol. The highest BCUT2D eigenvalue weighted by Crippen LogP contribution is 2.39. The molecule has 2 atom stereocenters. The second kappa shape index (κ2) is 12.4. The van der Waals surface area contributed by atoms with Crippen molar-refractivity contribution in [3.63, 3.8) is 0 Å². The Bertz CT molecular complexity index is 1540. The molecule has 230 valence electrons. The molecule has 2 aromatic heterocycles. The molecule has 3 aliphatic rings. The van der Waals surface area contributed by atoms with Crippen molar-refractivity contribution in [3.8, 4) is 5.88 Å². The molecule has 2 aliphatic heterocycles. The molecule has 6 rings (SSSR count). The number of hydrogen-bond donors (Lipinski definition) is 2. The van der Waals surface area contributed by atoms with Gasteiger partial charge in [0.15, 0.2) is 0 Å². The molecule has 3 aromatic rings. The second-order valence-electron chi connectivity index (χ2n) is 11.1. The van der Waals surface area contributed by atoms with Gasteiger partial charge in [-0.25, -0.2) is 4.98 Å². The summed E-state index contributed by atoms with van der Waals surface area (Å²) in [4.78, 5) is 21.1. The van der Waals surface area contributed by atoms with Crippen LogP contribution in [-0.2, 0) is 23.9 Å². The Morgan fingerprint density at radius 3 is 2.81 bits per heavy atom. The largest absolute Gasteiger partial charge is 0.475 e. The number of rotatable bonds is 10. The molecule has 1 amide bonds. The van der Waals surface area contributed by atoms with Gasteiger partial charge >= 0.3 is 6.18 Å². The molecule has 0 radical (unpaired) electrons. The van der Waals surface area contributed by atoms with Crippen LogP contribution in [0.1, 0.15) is 53.3 Å². The molecule has 1 saturated heterocycles. The maximum absolute atomic E-state index is 14.3. The SMILES string of the molecule is Cc1c(OCCCc2csc(C3=C(C(=O)N(Cc4cccc(Cl)c4Cl)C4CC4)C4CNCC(C3)N4)n2)noc1C(F)(F)F. The number of fused-ring (bicyclic) bond motifs is 2.